The number of hydrogen-bond acceptors (Lipinski definition) is 7. The second kappa shape index (κ2) is 8.01. The summed E-state index contributed by atoms with van der Waals surface area (Å²) in [5.74, 6) is 1.28. The van der Waals surface area contributed by atoms with Crippen LogP contribution in [-0.2, 0) is 5.88 Å². The van der Waals surface area contributed by atoms with Gasteiger partial charge in [0.1, 0.15) is 16.9 Å². The fourth-order valence-corrected chi connectivity index (χ4v) is 3.58. The SMILES string of the molecule is CC(C)n1ncc(-c2ccc3nc(-c4nccnc4N)n(-c4ccc(CCl)cc4)c3n2)n1. The van der Waals surface area contributed by atoms with E-state index in [9.17, 15) is 0 Å². The lowest BCUT2D eigenvalue weighted by molar-refractivity contribution is 0.467. The second-order valence-corrected chi connectivity index (χ2v) is 7.81. The number of halogens is 1. The Hall–Kier alpha value is -3.85. The fourth-order valence-electron chi connectivity index (χ4n) is 3.40. The van der Waals surface area contributed by atoms with E-state index in [0.29, 0.717) is 45.8 Å². The third kappa shape index (κ3) is 3.46. The van der Waals surface area contributed by atoms with Crippen molar-refractivity contribution in [3.8, 4) is 28.6 Å². The van der Waals surface area contributed by atoms with Crippen LogP contribution in [0.5, 0.6) is 0 Å². The maximum Gasteiger partial charge on any atom is 0.169 e. The van der Waals surface area contributed by atoms with E-state index in [0.717, 1.165) is 11.3 Å². The van der Waals surface area contributed by atoms with Crippen LogP contribution in [-0.4, -0.2) is 39.5 Å². The zero-order valence-corrected chi connectivity index (χ0v) is 18.3. The van der Waals surface area contributed by atoms with Crippen molar-refractivity contribution in [1.29, 1.82) is 0 Å². The average Bonchev–Trinajstić information content (AvgIpc) is 3.44. The maximum atomic E-state index is 6.13. The molecular weight excluding hydrogens is 426 g/mol. The molecule has 0 aliphatic heterocycles. The Kier molecular flexibility index (Phi) is 5.02. The molecule has 0 aliphatic rings. The van der Waals surface area contributed by atoms with Crippen LogP contribution in [0.15, 0.2) is 55.0 Å². The summed E-state index contributed by atoms with van der Waals surface area (Å²) >= 11 is 5.98. The molecule has 9 nitrogen and oxygen atoms in total. The lowest BCUT2D eigenvalue weighted by atomic mass is 10.2. The third-order valence-corrected chi connectivity index (χ3v) is 5.33. The summed E-state index contributed by atoms with van der Waals surface area (Å²) in [7, 11) is 0. The Labute approximate surface area is 188 Å². The molecule has 0 aliphatic carbocycles. The summed E-state index contributed by atoms with van der Waals surface area (Å²) in [6, 6.07) is 11.8. The summed E-state index contributed by atoms with van der Waals surface area (Å²) in [6.07, 6.45) is 4.86. The van der Waals surface area contributed by atoms with Crippen LogP contribution in [0.3, 0.4) is 0 Å². The summed E-state index contributed by atoms with van der Waals surface area (Å²) in [5, 5.41) is 8.88. The molecule has 160 valence electrons. The van der Waals surface area contributed by atoms with Crippen LogP contribution >= 0.6 is 11.6 Å². The minimum absolute atomic E-state index is 0.157. The van der Waals surface area contributed by atoms with Crippen LogP contribution in [0.4, 0.5) is 5.82 Å². The number of anilines is 1. The standard InChI is InChI=1S/C22H20ClN9/c1-13(2)32-27-12-18(30-32)16-7-8-17-21(28-16)31(15-5-3-14(11-23)4-6-15)22(29-17)19-20(24)26-10-9-25-19/h3-10,12-13H,11H2,1-2H3,(H2,24,26). The second-order valence-electron chi connectivity index (χ2n) is 7.54. The number of imidazole rings is 1. The van der Waals surface area contributed by atoms with Crippen LogP contribution in [0.2, 0.25) is 0 Å². The number of benzene rings is 1. The first-order chi connectivity index (χ1) is 15.5. The van der Waals surface area contributed by atoms with Gasteiger partial charge in [-0.1, -0.05) is 12.1 Å². The van der Waals surface area contributed by atoms with Crippen molar-refractivity contribution < 1.29 is 0 Å². The number of hydrogen-bond donors (Lipinski definition) is 1. The molecule has 2 N–H and O–H groups in total. The molecule has 0 fully saturated rings. The van der Waals surface area contributed by atoms with Crippen molar-refractivity contribution in [1.82, 2.24) is 39.5 Å². The normalized spacial score (nSPS) is 11.5. The van der Waals surface area contributed by atoms with E-state index in [2.05, 4.69) is 20.2 Å². The number of nitrogens with two attached hydrogens (primary N) is 1. The first-order valence-electron chi connectivity index (χ1n) is 10.1. The van der Waals surface area contributed by atoms with Gasteiger partial charge >= 0.3 is 0 Å². The molecule has 5 rings (SSSR count). The number of rotatable bonds is 5. The average molecular weight is 446 g/mol. The molecule has 1 aromatic carbocycles. The van der Waals surface area contributed by atoms with Crippen LogP contribution in [0.1, 0.15) is 25.5 Å². The summed E-state index contributed by atoms with van der Waals surface area (Å²) in [4.78, 5) is 19.9. The molecule has 4 aromatic heterocycles. The maximum absolute atomic E-state index is 6.13. The van der Waals surface area contributed by atoms with Gasteiger partial charge in [-0.25, -0.2) is 19.9 Å². The van der Waals surface area contributed by atoms with E-state index >= 15 is 0 Å². The number of fused-ring (bicyclic) bond motifs is 1. The van der Waals surface area contributed by atoms with Crippen molar-refractivity contribution >= 4 is 28.6 Å². The minimum Gasteiger partial charge on any atom is -0.382 e. The third-order valence-electron chi connectivity index (χ3n) is 5.02. The summed E-state index contributed by atoms with van der Waals surface area (Å²) in [6.45, 7) is 4.05. The molecule has 0 atom stereocenters. The fraction of sp³-hybridized carbons (Fsp3) is 0.182. The highest BCUT2D eigenvalue weighted by atomic mass is 35.5. The van der Waals surface area contributed by atoms with E-state index in [-0.39, 0.29) is 6.04 Å². The molecule has 0 saturated heterocycles. The highest BCUT2D eigenvalue weighted by molar-refractivity contribution is 6.17. The van der Waals surface area contributed by atoms with Gasteiger partial charge in [0, 0.05) is 24.0 Å². The number of pyridine rings is 1. The van der Waals surface area contributed by atoms with Gasteiger partial charge in [-0.15, -0.1) is 11.6 Å². The van der Waals surface area contributed by atoms with Crippen LogP contribution in [0.25, 0.3) is 39.8 Å². The Bertz CT molecular complexity index is 1400. The van der Waals surface area contributed by atoms with Crippen molar-refractivity contribution in [3.63, 3.8) is 0 Å². The number of nitrogen functional groups attached to an aromatic ring is 1. The predicted molar refractivity (Wildman–Crippen MR) is 123 cm³/mol. The number of aromatic nitrogens is 8. The molecule has 0 bridgehead atoms. The smallest absolute Gasteiger partial charge is 0.169 e. The van der Waals surface area contributed by atoms with Gasteiger partial charge in [-0.05, 0) is 43.7 Å². The Morgan fingerprint density at radius 1 is 0.969 bits per heavy atom. The number of nitrogens with zero attached hydrogens (tertiary/aromatic N) is 8. The molecule has 32 heavy (non-hydrogen) atoms. The van der Waals surface area contributed by atoms with E-state index < -0.39 is 0 Å². The Morgan fingerprint density at radius 2 is 1.75 bits per heavy atom. The molecule has 10 heteroatoms. The van der Waals surface area contributed by atoms with Gasteiger partial charge in [0.05, 0.1) is 17.9 Å². The Morgan fingerprint density at radius 3 is 2.44 bits per heavy atom. The quantitative estimate of drug-likeness (QED) is 0.406. The summed E-state index contributed by atoms with van der Waals surface area (Å²) < 4.78 is 1.92. The van der Waals surface area contributed by atoms with Gasteiger partial charge in [-0.3, -0.25) is 4.57 Å². The highest BCUT2D eigenvalue weighted by Gasteiger charge is 2.20. The van der Waals surface area contributed by atoms with Crippen LogP contribution in [0, 0.1) is 0 Å². The number of alkyl halides is 1. The lowest BCUT2D eigenvalue weighted by Gasteiger charge is -2.10. The largest absolute Gasteiger partial charge is 0.382 e. The molecule has 0 radical (unpaired) electrons. The van der Waals surface area contributed by atoms with E-state index in [1.807, 2.05) is 54.8 Å². The topological polar surface area (TPSA) is 113 Å². The van der Waals surface area contributed by atoms with Gasteiger partial charge < -0.3 is 5.73 Å². The zero-order valence-electron chi connectivity index (χ0n) is 17.5. The monoisotopic (exact) mass is 445 g/mol. The Balaban J connectivity index is 1.74. The summed E-state index contributed by atoms with van der Waals surface area (Å²) in [5.41, 5.74) is 11.2. The van der Waals surface area contributed by atoms with Crippen molar-refractivity contribution in [3.05, 3.63) is 60.6 Å². The molecule has 0 amide bonds. The molecule has 0 spiro atoms. The minimum atomic E-state index is 0.157. The van der Waals surface area contributed by atoms with Gasteiger partial charge in [-0.2, -0.15) is 15.0 Å². The van der Waals surface area contributed by atoms with E-state index in [1.165, 1.54) is 0 Å². The molecule has 5 aromatic rings. The first kappa shape index (κ1) is 20.1. The van der Waals surface area contributed by atoms with Gasteiger partial charge in [0.2, 0.25) is 0 Å². The molecule has 0 saturated carbocycles. The highest BCUT2D eigenvalue weighted by Crippen LogP contribution is 2.30. The predicted octanol–water partition coefficient (Wildman–Crippen LogP) is 4.04. The molecule has 4 heterocycles. The van der Waals surface area contributed by atoms with Crippen molar-refractivity contribution in [2.75, 3.05) is 5.73 Å². The first-order valence-corrected chi connectivity index (χ1v) is 10.6. The zero-order chi connectivity index (χ0) is 22.2. The van der Waals surface area contributed by atoms with Crippen LogP contribution < -0.4 is 5.73 Å². The van der Waals surface area contributed by atoms with Crippen molar-refractivity contribution in [2.24, 2.45) is 0 Å². The molecule has 0 unspecified atom stereocenters. The van der Waals surface area contributed by atoms with E-state index in [4.69, 9.17) is 27.3 Å². The van der Waals surface area contributed by atoms with Crippen molar-refractivity contribution in [2.45, 2.75) is 25.8 Å². The van der Waals surface area contributed by atoms with Gasteiger partial charge in [0.25, 0.3) is 0 Å². The van der Waals surface area contributed by atoms with Gasteiger partial charge in [0.15, 0.2) is 17.3 Å². The molecular formula is C22H20ClN9. The van der Waals surface area contributed by atoms with E-state index in [1.54, 1.807) is 23.4 Å². The lowest BCUT2D eigenvalue weighted by Crippen LogP contribution is -2.05.